The molecule has 0 fully saturated rings. The Hall–Kier alpha value is -2.08. The third-order valence-electron chi connectivity index (χ3n) is 3.83. The second kappa shape index (κ2) is 6.13. The fourth-order valence-corrected chi connectivity index (χ4v) is 2.71. The second-order valence-electron chi connectivity index (χ2n) is 5.14. The zero-order valence-corrected chi connectivity index (χ0v) is 12.6. The highest BCUT2D eigenvalue weighted by molar-refractivity contribution is 6.01. The fourth-order valence-electron chi connectivity index (χ4n) is 2.71. The second-order valence-corrected chi connectivity index (χ2v) is 5.14. The van der Waals surface area contributed by atoms with Gasteiger partial charge in [0.05, 0.1) is 16.6 Å². The molecule has 2 aromatic rings. The van der Waals surface area contributed by atoms with Crippen molar-refractivity contribution in [2.24, 2.45) is 0 Å². The highest BCUT2D eigenvalue weighted by Crippen LogP contribution is 2.20. The molecule has 1 unspecified atom stereocenters. The Morgan fingerprint density at radius 3 is 2.62 bits per heavy atom. The van der Waals surface area contributed by atoms with E-state index in [1.165, 1.54) is 6.07 Å². The van der Waals surface area contributed by atoms with Crippen molar-refractivity contribution in [3.63, 3.8) is 0 Å². The first-order chi connectivity index (χ1) is 9.99. The molecule has 2 rings (SSSR count). The van der Waals surface area contributed by atoms with Crippen molar-refractivity contribution in [1.29, 1.82) is 0 Å². The van der Waals surface area contributed by atoms with E-state index in [9.17, 15) is 14.7 Å². The molecule has 0 saturated heterocycles. The van der Waals surface area contributed by atoms with Crippen molar-refractivity contribution < 1.29 is 9.90 Å². The predicted molar refractivity (Wildman–Crippen MR) is 82.0 cm³/mol. The topological polar surface area (TPSA) is 78.3 Å². The van der Waals surface area contributed by atoms with E-state index in [1.54, 1.807) is 16.7 Å². The molecule has 6 heteroatoms. The number of hydrogen-bond donors (Lipinski definition) is 2. The molecule has 0 saturated carbocycles. The lowest BCUT2D eigenvalue weighted by molar-refractivity contribution is 0.0698. The molecule has 0 spiro atoms. The number of likely N-dealkylation sites (N-methyl/N-ethyl adjacent to an activating group) is 1. The van der Waals surface area contributed by atoms with Gasteiger partial charge in [0.15, 0.2) is 0 Å². The molecule has 0 aliphatic carbocycles. The zero-order chi connectivity index (χ0) is 15.6. The van der Waals surface area contributed by atoms with E-state index in [1.807, 2.05) is 6.92 Å². The number of H-pyrrole nitrogens is 1. The molecule has 21 heavy (non-hydrogen) atoms. The number of rotatable bonds is 6. The first-order valence-electron chi connectivity index (χ1n) is 7.18. The average Bonchev–Trinajstić information content (AvgIpc) is 2.79. The number of nitrogens with zero attached hydrogens (tertiary/aromatic N) is 2. The van der Waals surface area contributed by atoms with Gasteiger partial charge in [0, 0.05) is 12.6 Å². The monoisotopic (exact) mass is 291 g/mol. The van der Waals surface area contributed by atoms with E-state index >= 15 is 0 Å². The number of fused-ring (bicyclic) bond motifs is 1. The lowest BCUT2D eigenvalue weighted by Crippen LogP contribution is -2.33. The molecule has 0 bridgehead atoms. The minimum Gasteiger partial charge on any atom is -0.478 e. The number of aromatic nitrogens is 2. The lowest BCUT2D eigenvalue weighted by Gasteiger charge is -2.23. The number of aromatic amines is 1. The van der Waals surface area contributed by atoms with Crippen LogP contribution in [0.1, 0.15) is 37.2 Å². The number of para-hydroxylation sites is 1. The molecule has 0 aliphatic heterocycles. The average molecular weight is 291 g/mol. The van der Waals surface area contributed by atoms with Gasteiger partial charge in [0.25, 0.3) is 0 Å². The van der Waals surface area contributed by atoms with Crippen molar-refractivity contribution in [3.05, 3.63) is 34.2 Å². The molecule has 114 valence electrons. The quantitative estimate of drug-likeness (QED) is 0.852. The van der Waals surface area contributed by atoms with Crippen LogP contribution in [0.5, 0.6) is 0 Å². The summed E-state index contributed by atoms with van der Waals surface area (Å²) in [5.74, 6) is -1.02. The van der Waals surface area contributed by atoms with Gasteiger partial charge >= 0.3 is 11.7 Å². The fraction of sp³-hybridized carbons (Fsp3) is 0.467. The van der Waals surface area contributed by atoms with Gasteiger partial charge in [-0.05, 0) is 32.1 Å². The number of imidazole rings is 1. The number of carboxylic acid groups (broad SMARTS) is 1. The summed E-state index contributed by atoms with van der Waals surface area (Å²) in [4.78, 5) is 28.5. The van der Waals surface area contributed by atoms with Crippen molar-refractivity contribution in [3.8, 4) is 0 Å². The molecule has 1 aromatic carbocycles. The summed E-state index contributed by atoms with van der Waals surface area (Å²) in [5, 5.41) is 9.33. The first kappa shape index (κ1) is 15.3. The number of carboxylic acids is 1. The highest BCUT2D eigenvalue weighted by Gasteiger charge is 2.20. The Balaban J connectivity index is 2.55. The van der Waals surface area contributed by atoms with Crippen LogP contribution in [0.4, 0.5) is 0 Å². The number of hydrogen-bond acceptors (Lipinski definition) is 3. The van der Waals surface area contributed by atoms with Gasteiger partial charge in [0.1, 0.15) is 0 Å². The molecule has 1 aromatic heterocycles. The number of aromatic carboxylic acids is 1. The third kappa shape index (κ3) is 2.85. The van der Waals surface area contributed by atoms with E-state index in [-0.39, 0.29) is 17.3 Å². The Morgan fingerprint density at radius 1 is 1.38 bits per heavy atom. The summed E-state index contributed by atoms with van der Waals surface area (Å²) in [6, 6.07) is 4.79. The summed E-state index contributed by atoms with van der Waals surface area (Å²) in [5.41, 5.74) is 0.913. The van der Waals surface area contributed by atoms with Crippen molar-refractivity contribution in [2.45, 2.75) is 26.8 Å². The van der Waals surface area contributed by atoms with Gasteiger partial charge in [0.2, 0.25) is 0 Å². The predicted octanol–water partition coefficient (Wildman–Crippen LogP) is 1.93. The molecule has 0 radical (unpaired) electrons. The number of nitrogens with one attached hydrogen (secondary N) is 1. The minimum atomic E-state index is -1.02. The van der Waals surface area contributed by atoms with Crippen LogP contribution in [0.25, 0.3) is 11.0 Å². The van der Waals surface area contributed by atoms with E-state index in [0.29, 0.717) is 17.6 Å². The summed E-state index contributed by atoms with van der Waals surface area (Å²) in [7, 11) is 0. The molecular formula is C15H21N3O3. The standard InChI is InChI=1S/C15H21N3O3/c1-4-17(5-2)9-10(3)18-13-11(14(19)20)7-6-8-12(13)16-15(18)21/h6-8,10H,4-5,9H2,1-3H3,(H,16,21)(H,19,20). The van der Waals surface area contributed by atoms with Crippen molar-refractivity contribution >= 4 is 17.0 Å². The van der Waals surface area contributed by atoms with E-state index in [2.05, 4.69) is 23.7 Å². The third-order valence-corrected chi connectivity index (χ3v) is 3.83. The molecule has 1 atom stereocenters. The largest absolute Gasteiger partial charge is 0.478 e. The zero-order valence-electron chi connectivity index (χ0n) is 12.6. The van der Waals surface area contributed by atoms with E-state index < -0.39 is 5.97 Å². The van der Waals surface area contributed by atoms with E-state index in [4.69, 9.17) is 0 Å². The minimum absolute atomic E-state index is 0.105. The van der Waals surface area contributed by atoms with Gasteiger partial charge in [-0.1, -0.05) is 19.9 Å². The molecule has 2 N–H and O–H groups in total. The molecular weight excluding hydrogens is 270 g/mol. The first-order valence-corrected chi connectivity index (χ1v) is 7.18. The molecule has 0 aliphatic rings. The van der Waals surface area contributed by atoms with Crippen molar-refractivity contribution in [1.82, 2.24) is 14.5 Å². The normalized spacial score (nSPS) is 13.0. The van der Waals surface area contributed by atoms with Crippen molar-refractivity contribution in [2.75, 3.05) is 19.6 Å². The maximum absolute atomic E-state index is 12.2. The smallest absolute Gasteiger partial charge is 0.337 e. The molecule has 6 nitrogen and oxygen atoms in total. The molecule has 1 heterocycles. The SMILES string of the molecule is CCN(CC)CC(C)n1c(=O)[nH]c2cccc(C(=O)O)c21. The Bertz CT molecular complexity index is 698. The lowest BCUT2D eigenvalue weighted by atomic mass is 10.1. The Labute approximate surface area is 123 Å². The number of benzene rings is 1. The van der Waals surface area contributed by atoms with Crippen LogP contribution < -0.4 is 5.69 Å². The van der Waals surface area contributed by atoms with Crippen LogP contribution in [-0.2, 0) is 0 Å². The van der Waals surface area contributed by atoms with Crippen LogP contribution in [0.3, 0.4) is 0 Å². The van der Waals surface area contributed by atoms with Crippen LogP contribution in [0.2, 0.25) is 0 Å². The maximum atomic E-state index is 12.2. The van der Waals surface area contributed by atoms with Crippen LogP contribution in [0.15, 0.2) is 23.0 Å². The van der Waals surface area contributed by atoms with E-state index in [0.717, 1.165) is 13.1 Å². The van der Waals surface area contributed by atoms with Crippen LogP contribution in [-0.4, -0.2) is 45.2 Å². The summed E-state index contributed by atoms with van der Waals surface area (Å²) in [6.07, 6.45) is 0. The van der Waals surface area contributed by atoms with Gasteiger partial charge in [-0.25, -0.2) is 9.59 Å². The maximum Gasteiger partial charge on any atom is 0.337 e. The van der Waals surface area contributed by atoms with Crippen LogP contribution >= 0.6 is 0 Å². The van der Waals surface area contributed by atoms with Crippen LogP contribution in [0, 0.1) is 0 Å². The summed E-state index contributed by atoms with van der Waals surface area (Å²) >= 11 is 0. The number of carbonyl (C=O) groups is 1. The Morgan fingerprint density at radius 2 is 2.05 bits per heavy atom. The van der Waals surface area contributed by atoms with Gasteiger partial charge in [-0.2, -0.15) is 0 Å². The summed E-state index contributed by atoms with van der Waals surface area (Å²) in [6.45, 7) is 8.56. The molecule has 0 amide bonds. The highest BCUT2D eigenvalue weighted by atomic mass is 16.4. The van der Waals surface area contributed by atoms with Gasteiger partial charge in [-0.15, -0.1) is 0 Å². The van der Waals surface area contributed by atoms with Gasteiger partial charge < -0.3 is 15.0 Å². The summed E-state index contributed by atoms with van der Waals surface area (Å²) < 4.78 is 1.55. The Kier molecular flexibility index (Phi) is 4.47. The van der Waals surface area contributed by atoms with Gasteiger partial charge in [-0.3, -0.25) is 4.57 Å².